The van der Waals surface area contributed by atoms with Gasteiger partial charge in [-0.1, -0.05) is 154 Å². The van der Waals surface area contributed by atoms with E-state index < -0.39 is 5.97 Å². The molecule has 0 bridgehead atoms. The van der Waals surface area contributed by atoms with Gasteiger partial charge in [-0.05, 0) is 144 Å². The van der Waals surface area contributed by atoms with Crippen molar-refractivity contribution in [2.24, 2.45) is 0 Å². The smallest absolute Gasteiger partial charge is 0.300 e. The molecular weight excluding hydrogens is 1220 g/mol. The number of fused-ring (bicyclic) bond motifs is 4. The number of carboxylic acid groups (broad SMARTS) is 1. The summed E-state index contributed by atoms with van der Waals surface area (Å²) in [6.07, 6.45) is 50.3. The number of carbonyl (C=O) groups is 1. The van der Waals surface area contributed by atoms with E-state index in [0.29, 0.717) is 93.5 Å². The first kappa shape index (κ1) is 67.8. The van der Waals surface area contributed by atoms with Crippen molar-refractivity contribution in [3.63, 3.8) is 0 Å². The van der Waals surface area contributed by atoms with Gasteiger partial charge in [0.05, 0.1) is 0 Å². The summed E-state index contributed by atoms with van der Waals surface area (Å²) in [5.41, 5.74) is 3.76. The number of rotatable bonds is 16. The molecule has 8 aromatic heterocycles. The molecule has 0 saturated heterocycles. The normalized spacial score (nSPS) is 20.1. The molecule has 8 saturated carbocycles. The molecule has 0 radical (unpaired) electrons. The van der Waals surface area contributed by atoms with Crippen LogP contribution in [0, 0.1) is 0 Å². The van der Waals surface area contributed by atoms with Crippen LogP contribution >= 0.6 is 0 Å². The predicted octanol–water partition coefficient (Wildman–Crippen LogP) is 14.1. The van der Waals surface area contributed by atoms with Crippen LogP contribution in [0.1, 0.15) is 264 Å². The zero-order valence-corrected chi connectivity index (χ0v) is 56.0. The van der Waals surface area contributed by atoms with Gasteiger partial charge in [-0.3, -0.25) is 4.79 Å². The molecule has 0 unspecified atom stereocenters. The molecule has 0 aliphatic heterocycles. The summed E-state index contributed by atoms with van der Waals surface area (Å²) >= 11 is 0. The minimum Gasteiger partial charge on any atom is -0.481 e. The van der Waals surface area contributed by atoms with Crippen LogP contribution in [-0.4, -0.2) is 141 Å². The molecule has 16 rings (SSSR count). The fourth-order valence-corrected chi connectivity index (χ4v) is 14.9. The Hall–Kier alpha value is -8.21. The van der Waals surface area contributed by atoms with E-state index >= 15 is 0 Å². The van der Waals surface area contributed by atoms with Gasteiger partial charge in [0.25, 0.3) is 5.97 Å². The molecule has 0 spiro atoms. The molecule has 8 aliphatic carbocycles. The first-order chi connectivity index (χ1) is 47.3. The molecule has 30 heteroatoms. The lowest BCUT2D eigenvalue weighted by atomic mass is 9.95. The fourth-order valence-electron chi connectivity index (χ4n) is 14.9. The summed E-state index contributed by atoms with van der Waals surface area (Å²) in [6.45, 7) is 1.08. The summed E-state index contributed by atoms with van der Waals surface area (Å²) in [6, 6.07) is 3.79. The average Bonchev–Trinajstić information content (AvgIpc) is 1.67. The minimum atomic E-state index is -0.833. The second-order valence-electron chi connectivity index (χ2n) is 27.7. The fraction of sp³-hybridized carbons (Fsp3) is 0.742. The molecule has 0 atom stereocenters. The SMILES string of the molecule is C1CCC(Nc2nc3nonc3nc2NC2CCCCC2)CC1.C1CCC(Nc2nc3nonc3nc2NC2CCCCC2)CC1.C1CCC(Nc2nc3nonc3nc2NC2CCCCC2)CC1.C1CCC(Nc2nc3nonc3nc2NC2CCCCC2)CC1.CC(=O)O. The molecule has 0 amide bonds. The second kappa shape index (κ2) is 35.2. The first-order valence-corrected chi connectivity index (χ1v) is 36.6. The number of nitrogens with zero attached hydrogens (tertiary/aromatic N) is 16. The van der Waals surface area contributed by atoms with Gasteiger partial charge in [0.2, 0.25) is 45.2 Å². The Morgan fingerprint density at radius 3 is 0.448 bits per heavy atom. The van der Waals surface area contributed by atoms with Gasteiger partial charge < -0.3 is 47.6 Å². The van der Waals surface area contributed by atoms with Crippen LogP contribution < -0.4 is 42.5 Å². The summed E-state index contributed by atoms with van der Waals surface area (Å²) in [7, 11) is 0. The topological polar surface area (TPSA) is 392 Å². The lowest BCUT2D eigenvalue weighted by Gasteiger charge is -2.27. The molecule has 96 heavy (non-hydrogen) atoms. The van der Waals surface area contributed by atoms with Gasteiger partial charge in [0.15, 0.2) is 46.5 Å². The largest absolute Gasteiger partial charge is 0.481 e. The van der Waals surface area contributed by atoms with Crippen molar-refractivity contribution in [2.45, 2.75) is 312 Å². The monoisotopic (exact) mass is 1320 g/mol. The van der Waals surface area contributed by atoms with Gasteiger partial charge in [-0.2, -0.15) is 0 Å². The van der Waals surface area contributed by atoms with Crippen molar-refractivity contribution in [2.75, 3.05) is 42.5 Å². The third-order valence-electron chi connectivity index (χ3n) is 20.0. The lowest BCUT2D eigenvalue weighted by Crippen LogP contribution is -2.27. The Morgan fingerprint density at radius 1 is 0.240 bits per heavy atom. The van der Waals surface area contributed by atoms with Gasteiger partial charge in [-0.25, -0.2) is 58.4 Å². The van der Waals surface area contributed by atoms with Crippen LogP contribution in [-0.2, 0) is 4.79 Å². The maximum Gasteiger partial charge on any atom is 0.300 e. The van der Waals surface area contributed by atoms with E-state index in [-0.39, 0.29) is 0 Å². The van der Waals surface area contributed by atoms with Crippen LogP contribution in [0.4, 0.5) is 46.5 Å². The number of hydrogen-bond donors (Lipinski definition) is 9. The first-order valence-electron chi connectivity index (χ1n) is 36.6. The van der Waals surface area contributed by atoms with Crippen LogP contribution in [0.25, 0.3) is 45.2 Å². The number of carboxylic acids is 1. The Bertz CT molecular complexity index is 2930. The molecule has 8 aromatic rings. The number of anilines is 8. The zero-order chi connectivity index (χ0) is 65.5. The van der Waals surface area contributed by atoms with Crippen molar-refractivity contribution in [3.8, 4) is 0 Å². The summed E-state index contributed by atoms with van der Waals surface area (Å²) in [4.78, 5) is 45.7. The van der Waals surface area contributed by atoms with Crippen molar-refractivity contribution in [1.29, 1.82) is 0 Å². The Balaban J connectivity index is 0.000000120. The highest BCUT2D eigenvalue weighted by atomic mass is 16.6. The highest BCUT2D eigenvalue weighted by molar-refractivity contribution is 5.76. The number of aliphatic carboxylic acids is 1. The van der Waals surface area contributed by atoms with Gasteiger partial charge in [0.1, 0.15) is 0 Å². The van der Waals surface area contributed by atoms with E-state index in [4.69, 9.17) is 28.4 Å². The Kier molecular flexibility index (Phi) is 24.8. The molecule has 8 fully saturated rings. The Morgan fingerprint density at radius 2 is 0.344 bits per heavy atom. The summed E-state index contributed by atoms with van der Waals surface area (Å²) < 4.78 is 19.1. The van der Waals surface area contributed by atoms with Gasteiger partial charge >= 0.3 is 0 Å². The van der Waals surface area contributed by atoms with Crippen LogP contribution in [0.3, 0.4) is 0 Å². The van der Waals surface area contributed by atoms with E-state index in [1.165, 1.54) is 257 Å². The Labute approximate surface area is 559 Å². The van der Waals surface area contributed by atoms with E-state index in [9.17, 15) is 0 Å². The molecule has 8 aliphatic rings. The maximum atomic E-state index is 9.00. The zero-order valence-electron chi connectivity index (χ0n) is 56.0. The average molecular weight is 1330 g/mol. The number of nitrogens with one attached hydrogen (secondary N) is 8. The maximum absolute atomic E-state index is 9.00. The van der Waals surface area contributed by atoms with Crippen molar-refractivity contribution < 1.29 is 28.4 Å². The van der Waals surface area contributed by atoms with Crippen molar-refractivity contribution in [1.82, 2.24) is 81.1 Å². The number of aromatic nitrogens is 16. The van der Waals surface area contributed by atoms with Crippen molar-refractivity contribution in [3.05, 3.63) is 0 Å². The standard InChI is InChI=1S/4C16H24N6O.C2H4O2/c4*1-3-7-11(8-4-1)17-13-14(18-12-9-5-2-6-10-12)20-16-15(19-13)21-23-22-16;1-2(3)4/h4*11-12H,1-10H2,(H,17,19,21)(H,18,20,22);1H3,(H,3,4). The molecule has 30 nitrogen and oxygen atoms in total. The van der Waals surface area contributed by atoms with Crippen LogP contribution in [0.2, 0.25) is 0 Å². The molecule has 0 aromatic carbocycles. The molecule has 520 valence electrons. The van der Waals surface area contributed by atoms with E-state index in [2.05, 4.69) is 124 Å². The number of hydrogen-bond acceptors (Lipinski definition) is 29. The molecule has 8 heterocycles. The third kappa shape index (κ3) is 20.0. The quantitative estimate of drug-likeness (QED) is 0.0434. The second-order valence-corrected chi connectivity index (χ2v) is 27.7. The van der Waals surface area contributed by atoms with Crippen LogP contribution in [0.5, 0.6) is 0 Å². The highest BCUT2D eigenvalue weighted by Gasteiger charge is 2.27. The van der Waals surface area contributed by atoms with E-state index in [1.807, 2.05) is 0 Å². The summed E-state index contributed by atoms with van der Waals surface area (Å²) in [5, 5.41) is 66.7. The summed E-state index contributed by atoms with van der Waals surface area (Å²) in [5.74, 6) is 5.54. The van der Waals surface area contributed by atoms with E-state index in [1.54, 1.807) is 0 Å². The van der Waals surface area contributed by atoms with E-state index in [0.717, 1.165) is 53.5 Å². The van der Waals surface area contributed by atoms with Gasteiger partial charge in [0, 0.05) is 55.3 Å². The van der Waals surface area contributed by atoms with Crippen LogP contribution in [0.15, 0.2) is 18.5 Å². The predicted molar refractivity (Wildman–Crippen MR) is 367 cm³/mol. The minimum absolute atomic E-state index is 0.470. The highest BCUT2D eigenvalue weighted by Crippen LogP contribution is 2.34. The third-order valence-corrected chi connectivity index (χ3v) is 20.0. The lowest BCUT2D eigenvalue weighted by molar-refractivity contribution is -0.134. The van der Waals surface area contributed by atoms with Crippen molar-refractivity contribution >= 4 is 97.7 Å². The molecular formula is C66H100N24O6. The van der Waals surface area contributed by atoms with Gasteiger partial charge in [-0.15, -0.1) is 0 Å². The molecule has 9 N–H and O–H groups in total.